The smallest absolute Gasteiger partial charge is 0.407 e. The van der Waals surface area contributed by atoms with E-state index in [0.717, 1.165) is 36.0 Å². The minimum absolute atomic E-state index is 0.0142. The third-order valence-corrected chi connectivity index (χ3v) is 5.38. The average molecular weight is 431 g/mol. The SMILES string of the molecule is CC(CCCCNC(=O)OC(C)(C)C)n1c(N)nc2cccc(N3CCN(C)C3=O)c21. The molecule has 3 amide bonds. The molecule has 1 aliphatic rings. The van der Waals surface area contributed by atoms with Gasteiger partial charge in [0.2, 0.25) is 5.95 Å². The number of urea groups is 1. The third-order valence-electron chi connectivity index (χ3n) is 5.38. The molecule has 9 nitrogen and oxygen atoms in total. The Kier molecular flexibility index (Phi) is 6.62. The second-order valence-electron chi connectivity index (χ2n) is 9.11. The highest BCUT2D eigenvalue weighted by atomic mass is 16.6. The summed E-state index contributed by atoms with van der Waals surface area (Å²) in [5.74, 6) is 0.446. The molecule has 2 heterocycles. The predicted octanol–water partition coefficient (Wildman–Crippen LogP) is 3.75. The number of unbranched alkanes of at least 4 members (excludes halogenated alkanes) is 1. The lowest BCUT2D eigenvalue weighted by molar-refractivity contribution is 0.0527. The van der Waals surface area contributed by atoms with Gasteiger partial charge in [-0.3, -0.25) is 4.90 Å². The summed E-state index contributed by atoms with van der Waals surface area (Å²) in [5, 5.41) is 2.79. The van der Waals surface area contributed by atoms with E-state index in [4.69, 9.17) is 10.5 Å². The highest BCUT2D eigenvalue weighted by molar-refractivity contribution is 6.02. The van der Waals surface area contributed by atoms with E-state index < -0.39 is 11.7 Å². The lowest BCUT2D eigenvalue weighted by Gasteiger charge is -2.22. The molecular formula is C22H34N6O3. The van der Waals surface area contributed by atoms with Crippen molar-refractivity contribution in [3.63, 3.8) is 0 Å². The number of fused-ring (bicyclic) bond motifs is 1. The van der Waals surface area contributed by atoms with E-state index in [0.29, 0.717) is 25.6 Å². The number of imidazole rings is 1. The first-order chi connectivity index (χ1) is 14.6. The molecule has 0 aliphatic carbocycles. The Labute approximate surface area is 183 Å². The summed E-state index contributed by atoms with van der Waals surface area (Å²) in [6.45, 7) is 9.53. The van der Waals surface area contributed by atoms with Crippen LogP contribution in [0.3, 0.4) is 0 Å². The summed E-state index contributed by atoms with van der Waals surface area (Å²) in [4.78, 5) is 32.3. The maximum atomic E-state index is 12.6. The molecule has 1 saturated heterocycles. The van der Waals surface area contributed by atoms with Crippen molar-refractivity contribution in [2.45, 2.75) is 58.6 Å². The van der Waals surface area contributed by atoms with Crippen LogP contribution in [0.5, 0.6) is 0 Å². The molecule has 31 heavy (non-hydrogen) atoms. The monoisotopic (exact) mass is 430 g/mol. The van der Waals surface area contributed by atoms with Gasteiger partial charge in [0.1, 0.15) is 5.60 Å². The summed E-state index contributed by atoms with van der Waals surface area (Å²) < 4.78 is 7.28. The quantitative estimate of drug-likeness (QED) is 0.651. The minimum Gasteiger partial charge on any atom is -0.444 e. The molecule has 1 aliphatic heterocycles. The number of nitrogens with one attached hydrogen (secondary N) is 1. The molecule has 1 aromatic carbocycles. The lowest BCUT2D eigenvalue weighted by atomic mass is 10.1. The van der Waals surface area contributed by atoms with Gasteiger partial charge in [0.05, 0.1) is 16.7 Å². The molecule has 0 spiro atoms. The Morgan fingerprint density at radius 2 is 2.03 bits per heavy atom. The maximum absolute atomic E-state index is 12.6. The van der Waals surface area contributed by atoms with Crippen LogP contribution in [0.15, 0.2) is 18.2 Å². The Morgan fingerprint density at radius 3 is 2.68 bits per heavy atom. The van der Waals surface area contributed by atoms with Crippen molar-refractivity contribution in [2.75, 3.05) is 37.3 Å². The van der Waals surface area contributed by atoms with Gasteiger partial charge < -0.3 is 25.3 Å². The number of ether oxygens (including phenoxy) is 1. The molecule has 1 unspecified atom stereocenters. The van der Waals surface area contributed by atoms with E-state index in [1.165, 1.54) is 0 Å². The largest absolute Gasteiger partial charge is 0.444 e. The van der Waals surface area contributed by atoms with Gasteiger partial charge in [0, 0.05) is 32.7 Å². The summed E-state index contributed by atoms with van der Waals surface area (Å²) in [6.07, 6.45) is 2.21. The molecule has 1 atom stereocenters. The number of benzene rings is 1. The second kappa shape index (κ2) is 9.03. The number of para-hydroxylation sites is 1. The lowest BCUT2D eigenvalue weighted by Crippen LogP contribution is -2.33. The minimum atomic E-state index is -0.498. The van der Waals surface area contributed by atoms with Gasteiger partial charge >= 0.3 is 12.1 Å². The van der Waals surface area contributed by atoms with Crippen LogP contribution in [-0.4, -0.2) is 58.9 Å². The molecule has 2 aromatic rings. The zero-order valence-corrected chi connectivity index (χ0v) is 19.1. The molecule has 3 N–H and O–H groups in total. The summed E-state index contributed by atoms with van der Waals surface area (Å²) in [5.41, 5.74) is 8.30. The van der Waals surface area contributed by atoms with Gasteiger partial charge in [-0.1, -0.05) is 6.07 Å². The first kappa shape index (κ1) is 22.7. The average Bonchev–Trinajstić information content (AvgIpc) is 3.18. The first-order valence-corrected chi connectivity index (χ1v) is 10.8. The van der Waals surface area contributed by atoms with Gasteiger partial charge in [-0.05, 0) is 59.1 Å². The standard InChI is InChI=1S/C22H34N6O3/c1-15(9-6-7-12-24-20(29)31-22(2,3)4)28-18-16(25-19(28)23)10-8-11-17(18)27-14-13-26(5)21(27)30/h8,10-11,15H,6-7,9,12-14H2,1-5H3,(H2,23,25)(H,24,29). The molecule has 9 heteroatoms. The number of carbonyl (C=O) groups excluding carboxylic acids is 2. The van der Waals surface area contributed by atoms with E-state index in [1.54, 1.807) is 9.80 Å². The van der Waals surface area contributed by atoms with E-state index >= 15 is 0 Å². The normalized spacial score (nSPS) is 15.6. The molecule has 1 fully saturated rings. The first-order valence-electron chi connectivity index (χ1n) is 10.8. The van der Waals surface area contributed by atoms with Gasteiger partial charge in [-0.25, -0.2) is 14.6 Å². The second-order valence-corrected chi connectivity index (χ2v) is 9.11. The number of hydrogen-bond acceptors (Lipinski definition) is 5. The van der Waals surface area contributed by atoms with E-state index in [-0.39, 0.29) is 12.1 Å². The third kappa shape index (κ3) is 5.21. The topological polar surface area (TPSA) is 106 Å². The Hall–Kier alpha value is -2.97. The number of hydrogen-bond donors (Lipinski definition) is 2. The van der Waals surface area contributed by atoms with Gasteiger partial charge in [0.15, 0.2) is 0 Å². The fourth-order valence-corrected chi connectivity index (χ4v) is 3.88. The highest BCUT2D eigenvalue weighted by Crippen LogP contribution is 2.34. The molecule has 0 radical (unpaired) electrons. The van der Waals surface area contributed by atoms with Crippen LogP contribution in [-0.2, 0) is 4.74 Å². The summed E-state index contributed by atoms with van der Waals surface area (Å²) >= 11 is 0. The van der Waals surface area contributed by atoms with Crippen LogP contribution in [0.25, 0.3) is 11.0 Å². The molecule has 0 bridgehead atoms. The Balaban J connectivity index is 1.66. The van der Waals surface area contributed by atoms with Crippen molar-refractivity contribution >= 4 is 34.8 Å². The number of aromatic nitrogens is 2. The maximum Gasteiger partial charge on any atom is 0.407 e. The summed E-state index contributed by atoms with van der Waals surface area (Å²) in [7, 11) is 1.81. The van der Waals surface area contributed by atoms with Crippen molar-refractivity contribution in [1.82, 2.24) is 19.8 Å². The fourth-order valence-electron chi connectivity index (χ4n) is 3.88. The molecular weight excluding hydrogens is 396 g/mol. The van der Waals surface area contributed by atoms with Crippen LogP contribution in [0.1, 0.15) is 53.0 Å². The molecule has 1 aromatic heterocycles. The van der Waals surface area contributed by atoms with E-state index in [2.05, 4.69) is 17.2 Å². The predicted molar refractivity (Wildman–Crippen MR) is 122 cm³/mol. The van der Waals surface area contributed by atoms with E-state index in [9.17, 15) is 9.59 Å². The molecule has 170 valence electrons. The number of nitrogens with zero attached hydrogens (tertiary/aromatic N) is 4. The highest BCUT2D eigenvalue weighted by Gasteiger charge is 2.29. The van der Waals surface area contributed by atoms with Crippen molar-refractivity contribution in [2.24, 2.45) is 0 Å². The fraction of sp³-hybridized carbons (Fsp3) is 0.591. The molecule has 0 saturated carbocycles. The van der Waals surface area contributed by atoms with Crippen molar-refractivity contribution in [3.8, 4) is 0 Å². The number of carbonyl (C=O) groups is 2. The number of amides is 3. The van der Waals surface area contributed by atoms with Crippen LogP contribution in [0.2, 0.25) is 0 Å². The summed E-state index contributed by atoms with van der Waals surface area (Å²) in [6, 6.07) is 5.87. The zero-order chi connectivity index (χ0) is 22.8. The van der Waals surface area contributed by atoms with Crippen molar-refractivity contribution in [3.05, 3.63) is 18.2 Å². The number of anilines is 2. The Bertz CT molecular complexity index is 949. The van der Waals surface area contributed by atoms with Crippen LogP contribution < -0.4 is 16.0 Å². The Morgan fingerprint density at radius 1 is 1.29 bits per heavy atom. The number of likely N-dealkylation sites (N-methyl/N-ethyl adjacent to an activating group) is 1. The number of alkyl carbamates (subject to hydrolysis) is 1. The van der Waals surface area contributed by atoms with Gasteiger partial charge in [-0.15, -0.1) is 0 Å². The van der Waals surface area contributed by atoms with Gasteiger partial charge in [0.25, 0.3) is 0 Å². The zero-order valence-electron chi connectivity index (χ0n) is 19.1. The number of nitrogen functional groups attached to an aromatic ring is 1. The van der Waals surface area contributed by atoms with Crippen molar-refractivity contribution < 1.29 is 14.3 Å². The number of rotatable bonds is 7. The van der Waals surface area contributed by atoms with Crippen LogP contribution >= 0.6 is 0 Å². The van der Waals surface area contributed by atoms with E-state index in [1.807, 2.05) is 50.6 Å². The molecule has 3 rings (SSSR count). The van der Waals surface area contributed by atoms with Gasteiger partial charge in [-0.2, -0.15) is 0 Å². The van der Waals surface area contributed by atoms with Crippen LogP contribution in [0, 0.1) is 0 Å². The number of nitrogens with two attached hydrogens (primary N) is 1. The van der Waals surface area contributed by atoms with Crippen LogP contribution in [0.4, 0.5) is 21.2 Å². The van der Waals surface area contributed by atoms with Crippen molar-refractivity contribution in [1.29, 1.82) is 0 Å².